The van der Waals surface area contributed by atoms with Gasteiger partial charge in [0.25, 0.3) is 0 Å². The molecule has 0 aromatic heterocycles. The summed E-state index contributed by atoms with van der Waals surface area (Å²) in [4.78, 5) is 11.4. The molecule has 0 amide bonds. The molecule has 0 heterocycles. The molecular weight excluding hydrogens is 276 g/mol. The number of esters is 1. The highest BCUT2D eigenvalue weighted by atomic mass is 16.6. The van der Waals surface area contributed by atoms with Crippen molar-refractivity contribution in [3.05, 3.63) is 52.6 Å². The van der Waals surface area contributed by atoms with Crippen LogP contribution in [0.5, 0.6) is 5.75 Å². The standard InChI is InChI=1S/C19H22O3/c1-12-6-13(2)9-16(8-12)17-10-14(3)7-15(4)19(17)22-11-18(20)21-5/h6-10H,11H2,1-5H3. The Hall–Kier alpha value is -2.29. The number of ether oxygens (including phenoxy) is 2. The van der Waals surface area contributed by atoms with Crippen molar-refractivity contribution in [2.45, 2.75) is 27.7 Å². The van der Waals surface area contributed by atoms with Gasteiger partial charge in [-0.25, -0.2) is 4.79 Å². The van der Waals surface area contributed by atoms with Gasteiger partial charge < -0.3 is 9.47 Å². The van der Waals surface area contributed by atoms with Gasteiger partial charge in [0.05, 0.1) is 7.11 Å². The van der Waals surface area contributed by atoms with Gasteiger partial charge >= 0.3 is 5.97 Å². The van der Waals surface area contributed by atoms with E-state index in [0.717, 1.165) is 28.0 Å². The number of rotatable bonds is 4. The smallest absolute Gasteiger partial charge is 0.343 e. The van der Waals surface area contributed by atoms with Crippen LogP contribution in [-0.2, 0) is 9.53 Å². The number of benzene rings is 2. The molecule has 0 bridgehead atoms. The summed E-state index contributed by atoms with van der Waals surface area (Å²) in [5, 5.41) is 0. The number of carbonyl (C=O) groups is 1. The van der Waals surface area contributed by atoms with Crippen molar-refractivity contribution in [3.8, 4) is 16.9 Å². The molecule has 2 rings (SSSR count). The van der Waals surface area contributed by atoms with Gasteiger partial charge in [0.2, 0.25) is 0 Å². The van der Waals surface area contributed by atoms with Crippen LogP contribution >= 0.6 is 0 Å². The van der Waals surface area contributed by atoms with Crippen LogP contribution in [0.2, 0.25) is 0 Å². The van der Waals surface area contributed by atoms with Gasteiger partial charge in [-0.05, 0) is 50.5 Å². The third kappa shape index (κ3) is 3.67. The minimum atomic E-state index is -0.383. The first-order valence-corrected chi connectivity index (χ1v) is 7.30. The molecular formula is C19H22O3. The summed E-state index contributed by atoms with van der Waals surface area (Å²) in [5.41, 5.74) is 6.69. The predicted molar refractivity (Wildman–Crippen MR) is 88.3 cm³/mol. The Bertz CT molecular complexity index is 682. The summed E-state index contributed by atoms with van der Waals surface area (Å²) in [6, 6.07) is 10.5. The lowest BCUT2D eigenvalue weighted by molar-refractivity contribution is -0.142. The van der Waals surface area contributed by atoms with Crippen molar-refractivity contribution in [1.29, 1.82) is 0 Å². The molecule has 0 radical (unpaired) electrons. The van der Waals surface area contributed by atoms with Crippen LogP contribution in [0.3, 0.4) is 0 Å². The third-order valence-corrected chi connectivity index (χ3v) is 3.51. The van der Waals surface area contributed by atoms with Crippen LogP contribution in [0.1, 0.15) is 22.3 Å². The van der Waals surface area contributed by atoms with Crippen molar-refractivity contribution < 1.29 is 14.3 Å². The molecule has 0 N–H and O–H groups in total. The van der Waals surface area contributed by atoms with Crippen molar-refractivity contribution in [3.63, 3.8) is 0 Å². The second-order valence-electron chi connectivity index (χ2n) is 5.70. The normalized spacial score (nSPS) is 10.4. The van der Waals surface area contributed by atoms with Gasteiger partial charge in [-0.2, -0.15) is 0 Å². The Morgan fingerprint density at radius 1 is 0.909 bits per heavy atom. The average molecular weight is 298 g/mol. The molecule has 3 nitrogen and oxygen atoms in total. The highest BCUT2D eigenvalue weighted by Gasteiger charge is 2.13. The molecule has 0 aliphatic rings. The van der Waals surface area contributed by atoms with Gasteiger partial charge in [0.15, 0.2) is 6.61 Å². The van der Waals surface area contributed by atoms with Crippen LogP contribution < -0.4 is 4.74 Å². The van der Waals surface area contributed by atoms with Gasteiger partial charge in [-0.3, -0.25) is 0 Å². The van der Waals surface area contributed by atoms with E-state index in [1.807, 2.05) is 6.92 Å². The molecule has 22 heavy (non-hydrogen) atoms. The topological polar surface area (TPSA) is 35.5 Å². The summed E-state index contributed by atoms with van der Waals surface area (Å²) in [6.07, 6.45) is 0. The zero-order valence-electron chi connectivity index (χ0n) is 13.8. The van der Waals surface area contributed by atoms with Crippen molar-refractivity contribution in [1.82, 2.24) is 0 Å². The van der Waals surface area contributed by atoms with E-state index >= 15 is 0 Å². The summed E-state index contributed by atoms with van der Waals surface area (Å²) in [7, 11) is 1.36. The Kier molecular flexibility index (Phi) is 4.86. The van der Waals surface area contributed by atoms with Gasteiger partial charge in [-0.1, -0.05) is 35.4 Å². The van der Waals surface area contributed by atoms with E-state index < -0.39 is 0 Å². The number of hydrogen-bond donors (Lipinski definition) is 0. The van der Waals surface area contributed by atoms with Crippen molar-refractivity contribution >= 4 is 5.97 Å². The largest absolute Gasteiger partial charge is 0.481 e. The zero-order chi connectivity index (χ0) is 16.3. The highest BCUT2D eigenvalue weighted by Crippen LogP contribution is 2.35. The second-order valence-corrected chi connectivity index (χ2v) is 5.70. The lowest BCUT2D eigenvalue weighted by atomic mass is 9.96. The minimum absolute atomic E-state index is 0.0851. The number of aryl methyl sites for hydroxylation is 4. The van der Waals surface area contributed by atoms with E-state index in [-0.39, 0.29) is 12.6 Å². The molecule has 2 aromatic carbocycles. The van der Waals surface area contributed by atoms with Crippen LogP contribution in [0.4, 0.5) is 0 Å². The number of carbonyl (C=O) groups excluding carboxylic acids is 1. The summed E-state index contributed by atoms with van der Waals surface area (Å²) in [5.74, 6) is 0.354. The fraction of sp³-hybridized carbons (Fsp3) is 0.316. The number of methoxy groups -OCH3 is 1. The first kappa shape index (κ1) is 16.1. The van der Waals surface area contributed by atoms with Crippen LogP contribution in [-0.4, -0.2) is 19.7 Å². The molecule has 0 saturated carbocycles. The fourth-order valence-electron chi connectivity index (χ4n) is 2.68. The lowest BCUT2D eigenvalue weighted by Gasteiger charge is -2.16. The van der Waals surface area contributed by atoms with Crippen LogP contribution in [0.15, 0.2) is 30.3 Å². The van der Waals surface area contributed by atoms with E-state index in [9.17, 15) is 4.79 Å². The Morgan fingerprint density at radius 3 is 2.09 bits per heavy atom. The molecule has 116 valence electrons. The average Bonchev–Trinajstić information content (AvgIpc) is 2.44. The molecule has 0 aliphatic heterocycles. The molecule has 0 spiro atoms. The maximum absolute atomic E-state index is 11.4. The van der Waals surface area contributed by atoms with E-state index in [2.05, 4.69) is 55.8 Å². The fourth-order valence-corrected chi connectivity index (χ4v) is 2.68. The molecule has 0 atom stereocenters. The number of hydrogen-bond acceptors (Lipinski definition) is 3. The summed E-state index contributed by atoms with van der Waals surface area (Å²) >= 11 is 0. The third-order valence-electron chi connectivity index (χ3n) is 3.51. The van der Waals surface area contributed by atoms with E-state index in [0.29, 0.717) is 0 Å². The minimum Gasteiger partial charge on any atom is -0.481 e. The predicted octanol–water partition coefficient (Wildman–Crippen LogP) is 4.14. The summed E-state index contributed by atoms with van der Waals surface area (Å²) < 4.78 is 10.4. The zero-order valence-corrected chi connectivity index (χ0v) is 13.8. The lowest BCUT2D eigenvalue weighted by Crippen LogP contribution is -2.13. The Morgan fingerprint density at radius 2 is 1.50 bits per heavy atom. The van der Waals surface area contributed by atoms with E-state index in [1.165, 1.54) is 18.2 Å². The van der Waals surface area contributed by atoms with E-state index in [1.54, 1.807) is 0 Å². The van der Waals surface area contributed by atoms with Crippen molar-refractivity contribution in [2.75, 3.05) is 13.7 Å². The quantitative estimate of drug-likeness (QED) is 0.796. The Balaban J connectivity index is 2.51. The van der Waals surface area contributed by atoms with Crippen LogP contribution in [0.25, 0.3) is 11.1 Å². The first-order chi connectivity index (χ1) is 10.4. The first-order valence-electron chi connectivity index (χ1n) is 7.30. The Labute approximate surface area is 131 Å². The van der Waals surface area contributed by atoms with Gasteiger partial charge in [-0.15, -0.1) is 0 Å². The molecule has 0 fully saturated rings. The summed E-state index contributed by atoms with van der Waals surface area (Å²) in [6.45, 7) is 8.12. The maximum atomic E-state index is 11.4. The maximum Gasteiger partial charge on any atom is 0.343 e. The molecule has 0 unspecified atom stereocenters. The van der Waals surface area contributed by atoms with Crippen molar-refractivity contribution in [2.24, 2.45) is 0 Å². The van der Waals surface area contributed by atoms with Gasteiger partial charge in [0.1, 0.15) is 5.75 Å². The van der Waals surface area contributed by atoms with Crippen LogP contribution in [0, 0.1) is 27.7 Å². The molecule has 0 aliphatic carbocycles. The molecule has 2 aromatic rings. The molecule has 3 heteroatoms. The SMILES string of the molecule is COC(=O)COc1c(C)cc(C)cc1-c1cc(C)cc(C)c1. The van der Waals surface area contributed by atoms with Gasteiger partial charge in [0, 0.05) is 5.56 Å². The molecule has 0 saturated heterocycles. The highest BCUT2D eigenvalue weighted by molar-refractivity contribution is 5.76. The van der Waals surface area contributed by atoms with E-state index in [4.69, 9.17) is 4.74 Å². The monoisotopic (exact) mass is 298 g/mol. The second kappa shape index (κ2) is 6.65.